The second-order valence-electron chi connectivity index (χ2n) is 7.94. The van der Waals surface area contributed by atoms with Gasteiger partial charge in [-0.05, 0) is 36.2 Å². The molecule has 35 heavy (non-hydrogen) atoms. The molecule has 1 N–H and O–H groups in total. The van der Waals surface area contributed by atoms with Crippen molar-refractivity contribution in [1.29, 1.82) is 0 Å². The number of carbonyl (C=O) groups excluding carboxylic acids is 1. The van der Waals surface area contributed by atoms with Crippen LogP contribution in [0.5, 0.6) is 0 Å². The maximum atomic E-state index is 13.4. The van der Waals surface area contributed by atoms with E-state index in [1.807, 2.05) is 13.8 Å². The molecule has 0 saturated carbocycles. The number of nitrogens with zero attached hydrogens (tertiary/aromatic N) is 5. The fourth-order valence-electron chi connectivity index (χ4n) is 3.10. The van der Waals surface area contributed by atoms with Crippen LogP contribution in [0, 0.1) is 5.92 Å². The standard InChI is InChI=1S/C23H21F3N6OS2/c1-14(2)11-28-21(33)18-12-34-19(29-18)13-35-22-31-30-20(15-6-8-27-9-7-15)32(22)17-5-3-4-16(10-17)23(24,25)26/h3-10,12,14H,11,13H2,1-2H3,(H,28,33). The van der Waals surface area contributed by atoms with Crippen molar-refractivity contribution in [2.24, 2.45) is 5.92 Å². The Bertz CT molecular complexity index is 1300. The van der Waals surface area contributed by atoms with Crippen LogP contribution in [0.15, 0.2) is 59.3 Å². The lowest BCUT2D eigenvalue weighted by molar-refractivity contribution is -0.137. The molecule has 0 spiro atoms. The zero-order chi connectivity index (χ0) is 25.0. The fourth-order valence-corrected chi connectivity index (χ4v) is 4.84. The van der Waals surface area contributed by atoms with Gasteiger partial charge < -0.3 is 5.32 Å². The van der Waals surface area contributed by atoms with Crippen LogP contribution in [0.4, 0.5) is 13.2 Å². The minimum Gasteiger partial charge on any atom is -0.350 e. The Kier molecular flexibility index (Phi) is 7.51. The summed E-state index contributed by atoms with van der Waals surface area (Å²) >= 11 is 2.61. The summed E-state index contributed by atoms with van der Waals surface area (Å²) in [5, 5.41) is 14.1. The van der Waals surface area contributed by atoms with E-state index in [-0.39, 0.29) is 11.6 Å². The molecule has 0 aliphatic rings. The third kappa shape index (κ3) is 6.06. The van der Waals surface area contributed by atoms with E-state index < -0.39 is 11.7 Å². The lowest BCUT2D eigenvalue weighted by atomic mass is 10.2. The van der Waals surface area contributed by atoms with Gasteiger partial charge in [0.05, 0.1) is 17.0 Å². The zero-order valence-electron chi connectivity index (χ0n) is 18.8. The molecule has 7 nitrogen and oxygen atoms in total. The second kappa shape index (κ2) is 10.6. The van der Waals surface area contributed by atoms with Crippen LogP contribution in [0.25, 0.3) is 17.1 Å². The molecule has 1 amide bonds. The minimum absolute atomic E-state index is 0.238. The third-order valence-electron chi connectivity index (χ3n) is 4.78. The van der Waals surface area contributed by atoms with E-state index in [1.54, 1.807) is 40.5 Å². The Labute approximate surface area is 207 Å². The molecule has 1 aromatic carbocycles. The van der Waals surface area contributed by atoms with E-state index in [2.05, 4.69) is 25.5 Å². The number of thiazole rings is 1. The molecule has 12 heteroatoms. The summed E-state index contributed by atoms with van der Waals surface area (Å²) in [5.41, 5.74) is 0.516. The Balaban J connectivity index is 1.62. The third-order valence-corrected chi connectivity index (χ3v) is 6.76. The average Bonchev–Trinajstić information content (AvgIpc) is 3.48. The smallest absolute Gasteiger partial charge is 0.350 e. The normalized spacial score (nSPS) is 11.7. The Morgan fingerprint density at radius 3 is 2.66 bits per heavy atom. The summed E-state index contributed by atoms with van der Waals surface area (Å²) in [6.07, 6.45) is -1.33. The molecule has 0 bridgehead atoms. The highest BCUT2D eigenvalue weighted by atomic mass is 32.2. The summed E-state index contributed by atoms with van der Waals surface area (Å²) in [5.74, 6) is 0.847. The molecule has 0 fully saturated rings. The molecule has 182 valence electrons. The number of nitrogens with one attached hydrogen (secondary N) is 1. The molecule has 3 aromatic heterocycles. The molecule has 0 aliphatic heterocycles. The van der Waals surface area contributed by atoms with E-state index in [1.165, 1.54) is 29.2 Å². The SMILES string of the molecule is CC(C)CNC(=O)c1csc(CSc2nnc(-c3ccncc3)n2-c2cccc(C(F)(F)F)c2)n1. The zero-order valence-corrected chi connectivity index (χ0v) is 20.4. The highest BCUT2D eigenvalue weighted by Crippen LogP contribution is 2.34. The largest absolute Gasteiger partial charge is 0.416 e. The van der Waals surface area contributed by atoms with Gasteiger partial charge in [-0.25, -0.2) is 4.98 Å². The number of hydrogen-bond donors (Lipinski definition) is 1. The molecule has 0 atom stereocenters. The first-order chi connectivity index (χ1) is 16.7. The van der Waals surface area contributed by atoms with E-state index in [0.29, 0.717) is 45.5 Å². The van der Waals surface area contributed by atoms with Gasteiger partial charge in [0.1, 0.15) is 10.7 Å². The number of amides is 1. The number of halogens is 3. The number of hydrogen-bond acceptors (Lipinski definition) is 7. The molecular formula is C23H21F3N6OS2. The van der Waals surface area contributed by atoms with Gasteiger partial charge in [0.2, 0.25) is 0 Å². The molecule has 4 rings (SSSR count). The quantitative estimate of drug-likeness (QED) is 0.311. The monoisotopic (exact) mass is 518 g/mol. The van der Waals surface area contributed by atoms with Crippen molar-refractivity contribution in [3.8, 4) is 17.1 Å². The number of thioether (sulfide) groups is 1. The predicted molar refractivity (Wildman–Crippen MR) is 128 cm³/mol. The first-order valence-corrected chi connectivity index (χ1v) is 12.5. The average molecular weight is 519 g/mol. The molecule has 4 aromatic rings. The van der Waals surface area contributed by atoms with Gasteiger partial charge in [0.25, 0.3) is 5.91 Å². The van der Waals surface area contributed by atoms with Crippen molar-refractivity contribution in [1.82, 2.24) is 30.0 Å². The van der Waals surface area contributed by atoms with Crippen LogP contribution in [0.2, 0.25) is 0 Å². The molecule has 0 unspecified atom stereocenters. The highest BCUT2D eigenvalue weighted by Gasteiger charge is 2.31. The number of benzene rings is 1. The summed E-state index contributed by atoms with van der Waals surface area (Å²) < 4.78 is 41.7. The number of rotatable bonds is 8. The fraction of sp³-hybridized carbons (Fsp3) is 0.261. The second-order valence-corrected chi connectivity index (χ2v) is 9.83. The maximum absolute atomic E-state index is 13.4. The van der Waals surface area contributed by atoms with Crippen LogP contribution in [0.3, 0.4) is 0 Å². The number of carbonyl (C=O) groups is 1. The molecule has 0 radical (unpaired) electrons. The minimum atomic E-state index is -4.48. The Morgan fingerprint density at radius 2 is 1.94 bits per heavy atom. The van der Waals surface area contributed by atoms with Gasteiger partial charge in [0.15, 0.2) is 11.0 Å². The van der Waals surface area contributed by atoms with Crippen molar-refractivity contribution in [3.63, 3.8) is 0 Å². The maximum Gasteiger partial charge on any atom is 0.416 e. The predicted octanol–water partition coefficient (Wildman–Crippen LogP) is 5.48. The van der Waals surface area contributed by atoms with Crippen LogP contribution >= 0.6 is 23.1 Å². The summed E-state index contributed by atoms with van der Waals surface area (Å²) in [6, 6.07) is 8.45. The van der Waals surface area contributed by atoms with Gasteiger partial charge in [0, 0.05) is 29.9 Å². The molecular weight excluding hydrogens is 497 g/mol. The van der Waals surface area contributed by atoms with Gasteiger partial charge >= 0.3 is 6.18 Å². The lowest BCUT2D eigenvalue weighted by Gasteiger charge is -2.13. The number of pyridine rings is 1. The van der Waals surface area contributed by atoms with Crippen LogP contribution in [-0.4, -0.2) is 37.2 Å². The summed E-state index contributed by atoms with van der Waals surface area (Å²) in [7, 11) is 0. The van der Waals surface area contributed by atoms with Crippen LogP contribution in [0.1, 0.15) is 34.9 Å². The van der Waals surface area contributed by atoms with Gasteiger partial charge in [-0.2, -0.15) is 13.2 Å². The lowest BCUT2D eigenvalue weighted by Crippen LogP contribution is -2.27. The van der Waals surface area contributed by atoms with E-state index in [0.717, 1.165) is 12.1 Å². The van der Waals surface area contributed by atoms with Gasteiger partial charge in [-0.3, -0.25) is 14.3 Å². The topological polar surface area (TPSA) is 85.6 Å². The van der Waals surface area contributed by atoms with E-state index >= 15 is 0 Å². The van der Waals surface area contributed by atoms with Crippen LogP contribution < -0.4 is 5.32 Å². The van der Waals surface area contributed by atoms with Crippen molar-refractivity contribution in [3.05, 3.63) is 70.4 Å². The first-order valence-electron chi connectivity index (χ1n) is 10.6. The number of alkyl halides is 3. The van der Waals surface area contributed by atoms with Gasteiger partial charge in [-0.15, -0.1) is 21.5 Å². The van der Waals surface area contributed by atoms with Crippen molar-refractivity contribution >= 4 is 29.0 Å². The van der Waals surface area contributed by atoms with Gasteiger partial charge in [-0.1, -0.05) is 31.7 Å². The Hall–Kier alpha value is -3.25. The first kappa shape index (κ1) is 24.9. The van der Waals surface area contributed by atoms with Crippen molar-refractivity contribution in [2.75, 3.05) is 6.54 Å². The number of aromatic nitrogens is 5. The summed E-state index contributed by atoms with van der Waals surface area (Å²) in [6.45, 7) is 4.56. The summed E-state index contributed by atoms with van der Waals surface area (Å²) in [4.78, 5) is 20.6. The van der Waals surface area contributed by atoms with Crippen molar-refractivity contribution in [2.45, 2.75) is 30.9 Å². The van der Waals surface area contributed by atoms with E-state index in [4.69, 9.17) is 0 Å². The van der Waals surface area contributed by atoms with Crippen LogP contribution in [-0.2, 0) is 11.9 Å². The molecule has 0 saturated heterocycles. The Morgan fingerprint density at radius 1 is 1.17 bits per heavy atom. The molecule has 3 heterocycles. The highest BCUT2D eigenvalue weighted by molar-refractivity contribution is 7.98. The van der Waals surface area contributed by atoms with E-state index in [9.17, 15) is 18.0 Å². The molecule has 0 aliphatic carbocycles. The van der Waals surface area contributed by atoms with Crippen molar-refractivity contribution < 1.29 is 18.0 Å².